The van der Waals surface area contributed by atoms with Crippen molar-refractivity contribution in [2.24, 2.45) is 0 Å². The molecule has 1 fully saturated rings. The first-order valence-electron chi connectivity index (χ1n) is 7.18. The van der Waals surface area contributed by atoms with Gasteiger partial charge in [0.2, 0.25) is 0 Å². The molecule has 2 rings (SSSR count). The average molecular weight is 384 g/mol. The molecular weight excluding hydrogens is 359 g/mol. The summed E-state index contributed by atoms with van der Waals surface area (Å²) in [6.45, 7) is 10.0. The highest BCUT2D eigenvalue weighted by atomic mass is 35.5. The first-order chi connectivity index (χ1) is 10.0. The molecule has 1 aromatic rings. The lowest BCUT2D eigenvalue weighted by Crippen LogP contribution is -2.45. The van der Waals surface area contributed by atoms with Crippen molar-refractivity contribution in [3.8, 4) is 11.5 Å². The Bertz CT molecular complexity index is 520. The molecule has 0 unspecified atom stereocenters. The zero-order valence-electron chi connectivity index (χ0n) is 13.5. The van der Waals surface area contributed by atoms with Crippen molar-refractivity contribution in [1.29, 1.82) is 0 Å². The topological polar surface area (TPSA) is 44.7 Å². The Balaban J connectivity index is 0.00000242. The molecule has 7 heteroatoms. The molecule has 0 saturated carbocycles. The van der Waals surface area contributed by atoms with Crippen LogP contribution in [0, 0.1) is 0 Å². The van der Waals surface area contributed by atoms with Crippen molar-refractivity contribution in [3.63, 3.8) is 0 Å². The van der Waals surface area contributed by atoms with Crippen molar-refractivity contribution >= 4 is 36.4 Å². The van der Waals surface area contributed by atoms with Crippen LogP contribution in [0.3, 0.4) is 0 Å². The molecular formula is C16H25Cl3N2O2. The van der Waals surface area contributed by atoms with E-state index in [1.54, 1.807) is 0 Å². The van der Waals surface area contributed by atoms with Crippen molar-refractivity contribution in [2.75, 3.05) is 33.3 Å². The molecule has 132 valence electrons. The molecule has 0 aromatic heterocycles. The maximum absolute atomic E-state index is 9.90. The van der Waals surface area contributed by atoms with E-state index in [0.29, 0.717) is 10.8 Å². The highest BCUT2D eigenvalue weighted by Gasteiger charge is 2.24. The van der Waals surface area contributed by atoms with E-state index in [0.717, 1.165) is 43.7 Å². The van der Waals surface area contributed by atoms with Crippen LogP contribution in [-0.4, -0.2) is 43.3 Å². The molecule has 1 heterocycles. The second-order valence-electron chi connectivity index (χ2n) is 5.52. The fourth-order valence-electron chi connectivity index (χ4n) is 2.72. The molecule has 2 N–H and O–H groups in total. The predicted molar refractivity (Wildman–Crippen MR) is 101 cm³/mol. The SMILES string of the molecule is C=C(C)C[C@@H](c1cc(Cl)c(O)c(OC)c1)N1CCNCC1.Cl.Cl. The molecule has 23 heavy (non-hydrogen) atoms. The Kier molecular flexibility index (Phi) is 9.97. The summed E-state index contributed by atoms with van der Waals surface area (Å²) in [4.78, 5) is 2.42. The normalized spacial score (nSPS) is 16.0. The van der Waals surface area contributed by atoms with Gasteiger partial charge in [-0.15, -0.1) is 31.4 Å². The van der Waals surface area contributed by atoms with Gasteiger partial charge in [-0.3, -0.25) is 4.90 Å². The van der Waals surface area contributed by atoms with E-state index in [-0.39, 0.29) is 36.6 Å². The van der Waals surface area contributed by atoms with Crippen molar-refractivity contribution in [1.82, 2.24) is 10.2 Å². The van der Waals surface area contributed by atoms with E-state index in [1.165, 1.54) is 7.11 Å². The van der Waals surface area contributed by atoms with Crippen LogP contribution >= 0.6 is 36.4 Å². The number of phenols is 1. The van der Waals surface area contributed by atoms with Gasteiger partial charge in [-0.2, -0.15) is 0 Å². The minimum atomic E-state index is -0.00250. The molecule has 0 amide bonds. The van der Waals surface area contributed by atoms with Crippen LogP contribution in [0.2, 0.25) is 5.02 Å². The van der Waals surface area contributed by atoms with Gasteiger partial charge in [0.15, 0.2) is 11.5 Å². The van der Waals surface area contributed by atoms with Crippen LogP contribution in [0.15, 0.2) is 24.3 Å². The lowest BCUT2D eigenvalue weighted by Gasteiger charge is -2.35. The van der Waals surface area contributed by atoms with E-state index in [1.807, 2.05) is 19.1 Å². The lowest BCUT2D eigenvalue weighted by molar-refractivity contribution is 0.172. The Hall–Kier alpha value is -0.650. The van der Waals surface area contributed by atoms with E-state index in [4.69, 9.17) is 16.3 Å². The number of hydrogen-bond donors (Lipinski definition) is 2. The molecule has 4 nitrogen and oxygen atoms in total. The summed E-state index contributed by atoms with van der Waals surface area (Å²) in [6, 6.07) is 3.91. The number of hydrogen-bond acceptors (Lipinski definition) is 4. The molecule has 1 saturated heterocycles. The van der Waals surface area contributed by atoms with Crippen LogP contribution in [0.1, 0.15) is 24.9 Å². The second kappa shape index (κ2) is 10.3. The summed E-state index contributed by atoms with van der Waals surface area (Å²) in [5.74, 6) is 0.414. The van der Waals surface area contributed by atoms with Gasteiger partial charge in [-0.05, 0) is 31.0 Å². The highest BCUT2D eigenvalue weighted by molar-refractivity contribution is 6.32. The number of benzene rings is 1. The number of piperazine rings is 1. The van der Waals surface area contributed by atoms with Gasteiger partial charge in [0.1, 0.15) is 0 Å². The summed E-state index contributed by atoms with van der Waals surface area (Å²) in [5, 5.41) is 13.6. The fraction of sp³-hybridized carbons (Fsp3) is 0.500. The molecule has 0 bridgehead atoms. The largest absolute Gasteiger partial charge is 0.503 e. The number of nitrogens with zero attached hydrogens (tertiary/aromatic N) is 1. The minimum Gasteiger partial charge on any atom is -0.503 e. The Morgan fingerprint density at radius 1 is 1.39 bits per heavy atom. The van der Waals surface area contributed by atoms with E-state index in [9.17, 15) is 5.11 Å². The molecule has 1 aliphatic rings. The summed E-state index contributed by atoms with van der Waals surface area (Å²) < 4.78 is 5.22. The quantitative estimate of drug-likeness (QED) is 0.759. The standard InChI is InChI=1S/C16H23ClN2O2.2ClH/c1-11(2)8-14(19-6-4-18-5-7-19)12-9-13(17)16(20)15(10-12)21-3;;/h9-10,14,18,20H,1,4-8H2,2-3H3;2*1H/t14-;;/m0../s1. The van der Waals surface area contributed by atoms with Gasteiger partial charge < -0.3 is 15.2 Å². The third kappa shape index (κ3) is 5.73. The van der Waals surface area contributed by atoms with Crippen LogP contribution in [0.4, 0.5) is 0 Å². The van der Waals surface area contributed by atoms with Crippen LogP contribution in [0.25, 0.3) is 0 Å². The lowest BCUT2D eigenvalue weighted by atomic mass is 9.97. The van der Waals surface area contributed by atoms with Crippen molar-refractivity contribution < 1.29 is 9.84 Å². The van der Waals surface area contributed by atoms with E-state index in [2.05, 4.69) is 16.8 Å². The summed E-state index contributed by atoms with van der Waals surface area (Å²) in [7, 11) is 1.54. The van der Waals surface area contributed by atoms with Gasteiger partial charge in [0.25, 0.3) is 0 Å². The molecule has 0 radical (unpaired) electrons. The average Bonchev–Trinajstić information content (AvgIpc) is 2.48. The van der Waals surface area contributed by atoms with Gasteiger partial charge in [0.05, 0.1) is 12.1 Å². The number of rotatable bonds is 5. The summed E-state index contributed by atoms with van der Waals surface area (Å²) >= 11 is 6.13. The maximum atomic E-state index is 9.90. The second-order valence-corrected chi connectivity index (χ2v) is 5.92. The third-order valence-electron chi connectivity index (χ3n) is 3.79. The Labute approximate surface area is 155 Å². The summed E-state index contributed by atoms with van der Waals surface area (Å²) in [6.07, 6.45) is 0.865. The van der Waals surface area contributed by atoms with Gasteiger partial charge in [0, 0.05) is 32.2 Å². The van der Waals surface area contributed by atoms with Gasteiger partial charge >= 0.3 is 0 Å². The Morgan fingerprint density at radius 3 is 2.52 bits per heavy atom. The van der Waals surface area contributed by atoms with Crippen LogP contribution in [-0.2, 0) is 0 Å². The fourth-order valence-corrected chi connectivity index (χ4v) is 2.94. The van der Waals surface area contributed by atoms with Gasteiger partial charge in [-0.1, -0.05) is 17.2 Å². The first-order valence-corrected chi connectivity index (χ1v) is 7.56. The smallest absolute Gasteiger partial charge is 0.176 e. The van der Waals surface area contributed by atoms with Gasteiger partial charge in [-0.25, -0.2) is 0 Å². The van der Waals surface area contributed by atoms with Crippen LogP contribution in [0.5, 0.6) is 11.5 Å². The first kappa shape index (κ1) is 22.4. The molecule has 1 atom stereocenters. The zero-order valence-corrected chi connectivity index (χ0v) is 15.9. The number of phenolic OH excluding ortho intramolecular Hbond substituents is 1. The number of methoxy groups -OCH3 is 1. The monoisotopic (exact) mass is 382 g/mol. The van der Waals surface area contributed by atoms with Crippen molar-refractivity contribution in [2.45, 2.75) is 19.4 Å². The van der Waals surface area contributed by atoms with E-state index < -0.39 is 0 Å². The molecule has 1 aromatic carbocycles. The zero-order chi connectivity index (χ0) is 15.4. The van der Waals surface area contributed by atoms with Crippen molar-refractivity contribution in [3.05, 3.63) is 34.9 Å². The van der Waals surface area contributed by atoms with Crippen LogP contribution < -0.4 is 10.1 Å². The molecule has 0 aliphatic carbocycles. The van der Waals surface area contributed by atoms with E-state index >= 15 is 0 Å². The number of ether oxygens (including phenoxy) is 1. The number of halogens is 3. The predicted octanol–water partition coefficient (Wildman–Crippen LogP) is 3.81. The molecule has 0 spiro atoms. The highest BCUT2D eigenvalue weighted by Crippen LogP contribution is 2.39. The number of nitrogens with one attached hydrogen (secondary N) is 1. The Morgan fingerprint density at radius 2 is 2.00 bits per heavy atom. The minimum absolute atomic E-state index is 0. The maximum Gasteiger partial charge on any atom is 0.176 e. The third-order valence-corrected chi connectivity index (χ3v) is 4.08. The molecule has 1 aliphatic heterocycles. The summed E-state index contributed by atoms with van der Waals surface area (Å²) in [5.41, 5.74) is 2.18. The number of aromatic hydroxyl groups is 1.